The van der Waals surface area contributed by atoms with E-state index in [1.807, 2.05) is 0 Å². The molecule has 1 aromatic carbocycles. The van der Waals surface area contributed by atoms with Crippen molar-refractivity contribution in [2.75, 3.05) is 5.32 Å². The van der Waals surface area contributed by atoms with Crippen LogP contribution in [0.15, 0.2) is 41.0 Å². The Bertz CT molecular complexity index is 663. The second-order valence-electron chi connectivity index (χ2n) is 4.02. The molecule has 1 aliphatic heterocycles. The number of aromatic nitrogens is 1. The van der Waals surface area contributed by atoms with E-state index in [0.717, 1.165) is 0 Å². The molecule has 0 fully saturated rings. The molecular formula is C13H8BrClN2O2. The molecule has 1 N–H and O–H groups in total. The average Bonchev–Trinajstić information content (AvgIpc) is 2.37. The molecule has 0 saturated heterocycles. The first-order valence-corrected chi connectivity index (χ1v) is 6.70. The van der Waals surface area contributed by atoms with E-state index in [1.165, 1.54) is 0 Å². The summed E-state index contributed by atoms with van der Waals surface area (Å²) in [6, 6.07) is 10.5. The minimum Gasteiger partial charge on any atom is -0.472 e. The monoisotopic (exact) mass is 338 g/mol. The molecule has 0 aliphatic carbocycles. The van der Waals surface area contributed by atoms with Crippen LogP contribution in [0.25, 0.3) is 0 Å². The second kappa shape index (κ2) is 4.83. The van der Waals surface area contributed by atoms with E-state index in [1.54, 1.807) is 36.4 Å². The number of halogens is 2. The van der Waals surface area contributed by atoms with Crippen molar-refractivity contribution in [2.24, 2.45) is 0 Å². The summed E-state index contributed by atoms with van der Waals surface area (Å²) < 4.78 is 6.32. The normalized spacial score (nSPS) is 17.4. The maximum Gasteiger partial charge on any atom is 0.271 e. The highest BCUT2D eigenvalue weighted by atomic mass is 79.9. The van der Waals surface area contributed by atoms with Crippen molar-refractivity contribution in [1.82, 2.24) is 4.98 Å². The first kappa shape index (κ1) is 12.4. The van der Waals surface area contributed by atoms with E-state index in [4.69, 9.17) is 16.3 Å². The number of carbonyl (C=O) groups is 1. The average molecular weight is 340 g/mol. The zero-order valence-electron chi connectivity index (χ0n) is 9.56. The lowest BCUT2D eigenvalue weighted by Crippen LogP contribution is -2.30. The number of nitrogens with zero attached hydrogens (tertiary/aromatic N) is 1. The minimum absolute atomic E-state index is 0.264. The number of rotatable bonds is 1. The van der Waals surface area contributed by atoms with Gasteiger partial charge in [-0.15, -0.1) is 0 Å². The third-order valence-electron chi connectivity index (χ3n) is 2.70. The molecule has 3 rings (SSSR count). The summed E-state index contributed by atoms with van der Waals surface area (Å²) in [5.74, 6) is 0.686. The van der Waals surface area contributed by atoms with Gasteiger partial charge in [0.1, 0.15) is 4.60 Å². The molecule has 6 heteroatoms. The number of pyridine rings is 1. The third-order valence-corrected chi connectivity index (χ3v) is 3.38. The first-order chi connectivity index (χ1) is 9.13. The lowest BCUT2D eigenvalue weighted by molar-refractivity contribution is -0.123. The molecule has 0 spiro atoms. The number of hydrogen-bond acceptors (Lipinski definition) is 3. The van der Waals surface area contributed by atoms with Gasteiger partial charge in [-0.05, 0) is 40.2 Å². The zero-order chi connectivity index (χ0) is 13.4. The molecule has 96 valence electrons. The Hall–Kier alpha value is -1.59. The number of amides is 1. The summed E-state index contributed by atoms with van der Waals surface area (Å²) >= 11 is 9.17. The van der Waals surface area contributed by atoms with E-state index in [-0.39, 0.29) is 5.91 Å². The van der Waals surface area contributed by atoms with Crippen LogP contribution in [0.5, 0.6) is 5.75 Å². The standard InChI is InChI=1S/C13H8BrClN2O2/c14-10-5-4-9-12(16-10)17-13(18)11(19-9)7-2-1-3-8(15)6-7/h1-6,11H,(H,16,17,18). The molecule has 0 saturated carbocycles. The molecule has 0 bridgehead atoms. The van der Waals surface area contributed by atoms with E-state index in [9.17, 15) is 4.79 Å². The van der Waals surface area contributed by atoms with Gasteiger partial charge in [-0.3, -0.25) is 4.79 Å². The summed E-state index contributed by atoms with van der Waals surface area (Å²) in [4.78, 5) is 16.2. The lowest BCUT2D eigenvalue weighted by Gasteiger charge is -2.25. The number of anilines is 1. The Labute approximate surface area is 122 Å². The number of hydrogen-bond donors (Lipinski definition) is 1. The van der Waals surface area contributed by atoms with Crippen molar-refractivity contribution >= 4 is 39.3 Å². The number of fused-ring (bicyclic) bond motifs is 1. The quantitative estimate of drug-likeness (QED) is 0.808. The van der Waals surface area contributed by atoms with Gasteiger partial charge in [0.05, 0.1) is 0 Å². The minimum atomic E-state index is -0.714. The van der Waals surface area contributed by atoms with Gasteiger partial charge < -0.3 is 10.1 Å². The lowest BCUT2D eigenvalue weighted by atomic mass is 10.1. The molecule has 1 aromatic heterocycles. The van der Waals surface area contributed by atoms with Gasteiger partial charge in [0.2, 0.25) is 6.10 Å². The van der Waals surface area contributed by atoms with Gasteiger partial charge in [-0.1, -0.05) is 23.7 Å². The Morgan fingerprint density at radius 3 is 2.95 bits per heavy atom. The predicted molar refractivity (Wildman–Crippen MR) is 75.4 cm³/mol. The molecule has 1 amide bonds. The molecule has 1 aliphatic rings. The summed E-state index contributed by atoms with van der Waals surface area (Å²) in [6.45, 7) is 0. The third kappa shape index (κ3) is 2.43. The second-order valence-corrected chi connectivity index (χ2v) is 5.27. The molecule has 2 heterocycles. The van der Waals surface area contributed by atoms with Gasteiger partial charge in [0.15, 0.2) is 11.6 Å². The van der Waals surface area contributed by atoms with Crippen LogP contribution >= 0.6 is 27.5 Å². The Morgan fingerprint density at radius 2 is 2.16 bits per heavy atom. The molecule has 1 atom stereocenters. The van der Waals surface area contributed by atoms with Crippen LogP contribution in [0.3, 0.4) is 0 Å². The van der Waals surface area contributed by atoms with Gasteiger partial charge in [0, 0.05) is 10.6 Å². The number of benzene rings is 1. The molecular weight excluding hydrogens is 332 g/mol. The number of ether oxygens (including phenoxy) is 1. The Balaban J connectivity index is 1.98. The van der Waals surface area contributed by atoms with Crippen LogP contribution < -0.4 is 10.1 Å². The summed E-state index contributed by atoms with van der Waals surface area (Å²) in [7, 11) is 0. The fourth-order valence-corrected chi connectivity index (χ4v) is 2.37. The molecule has 19 heavy (non-hydrogen) atoms. The molecule has 2 aromatic rings. The maximum absolute atomic E-state index is 12.0. The first-order valence-electron chi connectivity index (χ1n) is 5.53. The molecule has 4 nitrogen and oxygen atoms in total. The smallest absolute Gasteiger partial charge is 0.271 e. The summed E-state index contributed by atoms with van der Waals surface area (Å²) in [5, 5.41) is 3.28. The zero-order valence-corrected chi connectivity index (χ0v) is 11.9. The largest absolute Gasteiger partial charge is 0.472 e. The van der Waals surface area contributed by atoms with Crippen LogP contribution in [0.1, 0.15) is 11.7 Å². The Morgan fingerprint density at radius 1 is 1.32 bits per heavy atom. The Kier molecular flexibility index (Phi) is 3.16. The number of nitrogens with one attached hydrogen (secondary N) is 1. The van der Waals surface area contributed by atoms with Crippen LogP contribution in [-0.2, 0) is 4.79 Å². The highest BCUT2D eigenvalue weighted by Gasteiger charge is 2.30. The van der Waals surface area contributed by atoms with Crippen molar-refractivity contribution < 1.29 is 9.53 Å². The summed E-state index contributed by atoms with van der Waals surface area (Å²) in [6.07, 6.45) is -0.714. The van der Waals surface area contributed by atoms with Gasteiger partial charge in [-0.2, -0.15) is 0 Å². The SMILES string of the molecule is O=C1Nc2nc(Br)ccc2OC1c1cccc(Cl)c1. The predicted octanol–water partition coefficient (Wildman–Crippen LogP) is 3.57. The van der Waals surface area contributed by atoms with Gasteiger partial charge in [0.25, 0.3) is 5.91 Å². The van der Waals surface area contributed by atoms with Gasteiger partial charge in [-0.25, -0.2) is 4.98 Å². The van der Waals surface area contributed by atoms with E-state index < -0.39 is 6.10 Å². The van der Waals surface area contributed by atoms with Crippen molar-refractivity contribution in [2.45, 2.75) is 6.10 Å². The van der Waals surface area contributed by atoms with Crippen LogP contribution in [0, 0.1) is 0 Å². The number of carbonyl (C=O) groups excluding carboxylic acids is 1. The van der Waals surface area contributed by atoms with E-state index in [2.05, 4.69) is 26.2 Å². The molecule has 1 unspecified atom stereocenters. The van der Waals surface area contributed by atoms with Crippen LogP contribution in [0.4, 0.5) is 5.82 Å². The molecule has 0 radical (unpaired) electrons. The van der Waals surface area contributed by atoms with Crippen molar-refractivity contribution in [3.05, 3.63) is 51.6 Å². The van der Waals surface area contributed by atoms with Crippen molar-refractivity contribution in [3.63, 3.8) is 0 Å². The van der Waals surface area contributed by atoms with Crippen LogP contribution in [-0.4, -0.2) is 10.9 Å². The highest BCUT2D eigenvalue weighted by molar-refractivity contribution is 9.10. The highest BCUT2D eigenvalue weighted by Crippen LogP contribution is 2.34. The van der Waals surface area contributed by atoms with Crippen molar-refractivity contribution in [1.29, 1.82) is 0 Å². The fourth-order valence-electron chi connectivity index (χ4n) is 1.86. The maximum atomic E-state index is 12.0. The van der Waals surface area contributed by atoms with Gasteiger partial charge >= 0.3 is 0 Å². The fraction of sp³-hybridized carbons (Fsp3) is 0.0769. The van der Waals surface area contributed by atoms with Crippen molar-refractivity contribution in [3.8, 4) is 5.75 Å². The van der Waals surface area contributed by atoms with E-state index in [0.29, 0.717) is 26.8 Å². The van der Waals surface area contributed by atoms with Crippen LogP contribution in [0.2, 0.25) is 5.02 Å². The topological polar surface area (TPSA) is 51.2 Å². The summed E-state index contributed by atoms with van der Waals surface area (Å²) in [5.41, 5.74) is 0.707. The van der Waals surface area contributed by atoms with E-state index >= 15 is 0 Å².